The monoisotopic (exact) mass is 514 g/mol. The molecule has 37 heavy (non-hydrogen) atoms. The predicted octanol–water partition coefficient (Wildman–Crippen LogP) is 4.64. The lowest BCUT2D eigenvalue weighted by molar-refractivity contribution is 0.0644. The molecule has 5 rings (SSSR count). The van der Waals surface area contributed by atoms with Crippen molar-refractivity contribution in [2.24, 2.45) is 0 Å². The minimum absolute atomic E-state index is 0.0850. The molecule has 1 aliphatic heterocycles. The zero-order valence-electron chi connectivity index (χ0n) is 21.1. The van der Waals surface area contributed by atoms with Gasteiger partial charge in [0.05, 0.1) is 5.75 Å². The summed E-state index contributed by atoms with van der Waals surface area (Å²) in [6, 6.07) is 18.5. The first-order chi connectivity index (χ1) is 18.1. The smallest absolute Gasteiger partial charge is 0.275 e. The lowest BCUT2D eigenvalue weighted by Crippen LogP contribution is -2.48. The van der Waals surface area contributed by atoms with Gasteiger partial charge in [-0.2, -0.15) is 0 Å². The van der Waals surface area contributed by atoms with Crippen LogP contribution in [0, 0.1) is 13.8 Å². The molecule has 3 heterocycles. The number of aromatic nitrogens is 4. The van der Waals surface area contributed by atoms with E-state index < -0.39 is 0 Å². The lowest BCUT2D eigenvalue weighted by atomic mass is 10.2. The van der Waals surface area contributed by atoms with Crippen LogP contribution in [0.25, 0.3) is 11.8 Å². The third-order valence-electron chi connectivity index (χ3n) is 6.28. The molecule has 9 heteroatoms. The molecule has 190 valence electrons. The number of thioether (sulfide) groups is 1. The first-order valence-electron chi connectivity index (χ1n) is 12.4. The van der Waals surface area contributed by atoms with Crippen LogP contribution >= 0.6 is 11.8 Å². The molecule has 8 nitrogen and oxygen atoms in total. The molecule has 1 saturated heterocycles. The Morgan fingerprint density at radius 1 is 1.03 bits per heavy atom. The zero-order valence-corrected chi connectivity index (χ0v) is 21.9. The molecule has 0 bridgehead atoms. The van der Waals surface area contributed by atoms with Crippen molar-refractivity contribution in [3.05, 3.63) is 95.5 Å². The van der Waals surface area contributed by atoms with Gasteiger partial charge in [0.15, 0.2) is 10.9 Å². The Morgan fingerprint density at radius 3 is 2.62 bits per heavy atom. The van der Waals surface area contributed by atoms with E-state index in [1.54, 1.807) is 0 Å². The Hall–Kier alpha value is -3.69. The Bertz CT molecular complexity index is 1370. The Balaban J connectivity index is 1.13. The molecule has 4 aromatic rings. The predicted molar refractivity (Wildman–Crippen MR) is 145 cm³/mol. The summed E-state index contributed by atoms with van der Waals surface area (Å²) in [5.74, 6) is 1.68. The molecule has 1 fully saturated rings. The highest BCUT2D eigenvalue weighted by Gasteiger charge is 2.24. The largest absolute Gasteiger partial charge is 0.447 e. The van der Waals surface area contributed by atoms with E-state index in [0.717, 1.165) is 36.3 Å². The highest BCUT2D eigenvalue weighted by atomic mass is 32.2. The number of benzene rings is 2. The van der Waals surface area contributed by atoms with E-state index in [2.05, 4.69) is 63.4 Å². The van der Waals surface area contributed by atoms with Crippen molar-refractivity contribution in [3.63, 3.8) is 0 Å². The van der Waals surface area contributed by atoms with Gasteiger partial charge in [0.25, 0.3) is 5.91 Å². The summed E-state index contributed by atoms with van der Waals surface area (Å²) in [5.41, 5.74) is 3.73. The molecule has 0 spiro atoms. The van der Waals surface area contributed by atoms with Gasteiger partial charge in [-0.3, -0.25) is 14.3 Å². The van der Waals surface area contributed by atoms with Crippen LogP contribution in [-0.4, -0.2) is 68.2 Å². The summed E-state index contributed by atoms with van der Waals surface area (Å²) >= 11 is 1.48. The van der Waals surface area contributed by atoms with Crippen molar-refractivity contribution in [1.82, 2.24) is 29.5 Å². The standard InChI is InChI=1S/C28H30N6O2S/c1-21-8-6-12-24(18-21)34-22(2)30-31-28(34)37-20-26-29-25(19-36-26)27(35)33-16-14-32(15-17-33)13-7-11-23-9-4-3-5-10-23/h3-12,18-19H,13-17,20H2,1-2H3/b11-7+. The number of piperazine rings is 1. The van der Waals surface area contributed by atoms with E-state index in [1.807, 2.05) is 46.7 Å². The Labute approximate surface area is 221 Å². The second kappa shape index (κ2) is 11.6. The number of nitrogens with zero attached hydrogens (tertiary/aromatic N) is 6. The molecule has 1 amide bonds. The topological polar surface area (TPSA) is 80.3 Å². The molecular weight excluding hydrogens is 484 g/mol. The Morgan fingerprint density at radius 2 is 1.84 bits per heavy atom. The fraction of sp³-hybridized carbons (Fsp3) is 0.286. The highest BCUT2D eigenvalue weighted by Crippen LogP contribution is 2.25. The number of hydrogen-bond acceptors (Lipinski definition) is 7. The summed E-state index contributed by atoms with van der Waals surface area (Å²) in [6.07, 6.45) is 5.77. The maximum atomic E-state index is 13.0. The number of hydrogen-bond donors (Lipinski definition) is 0. The number of aryl methyl sites for hydroxylation is 2. The molecule has 0 aliphatic carbocycles. The van der Waals surface area contributed by atoms with E-state index in [-0.39, 0.29) is 5.91 Å². The van der Waals surface area contributed by atoms with Crippen LogP contribution in [0.3, 0.4) is 0 Å². The number of amides is 1. The van der Waals surface area contributed by atoms with Crippen molar-refractivity contribution in [2.45, 2.75) is 24.8 Å². The molecule has 2 aromatic carbocycles. The average molecular weight is 515 g/mol. The van der Waals surface area contributed by atoms with Crippen LogP contribution in [0.1, 0.15) is 33.3 Å². The Kier molecular flexibility index (Phi) is 7.82. The molecule has 1 aliphatic rings. The maximum absolute atomic E-state index is 13.0. The lowest BCUT2D eigenvalue weighted by Gasteiger charge is -2.33. The minimum atomic E-state index is -0.0850. The van der Waals surface area contributed by atoms with Gasteiger partial charge < -0.3 is 9.32 Å². The first-order valence-corrected chi connectivity index (χ1v) is 13.3. The maximum Gasteiger partial charge on any atom is 0.275 e. The second-order valence-corrected chi connectivity index (χ2v) is 9.97. The van der Waals surface area contributed by atoms with Gasteiger partial charge in [-0.1, -0.05) is 66.4 Å². The molecular formula is C28H30N6O2S. The van der Waals surface area contributed by atoms with Gasteiger partial charge in [0.2, 0.25) is 5.89 Å². The number of oxazole rings is 1. The van der Waals surface area contributed by atoms with Crippen LogP contribution in [0.5, 0.6) is 0 Å². The van der Waals surface area contributed by atoms with Crippen LogP contribution in [0.4, 0.5) is 0 Å². The molecule has 0 N–H and O–H groups in total. The average Bonchev–Trinajstić information content (AvgIpc) is 3.54. The SMILES string of the molecule is Cc1cccc(-n2c(C)nnc2SCc2nc(C(=O)N3CCN(C/C=C/c4ccccc4)CC3)co2)c1. The van der Waals surface area contributed by atoms with Gasteiger partial charge in [0.1, 0.15) is 12.1 Å². The van der Waals surface area contributed by atoms with E-state index >= 15 is 0 Å². The third kappa shape index (κ3) is 6.18. The van der Waals surface area contributed by atoms with Crippen LogP contribution in [0.2, 0.25) is 0 Å². The van der Waals surface area contributed by atoms with Gasteiger partial charge in [-0.05, 0) is 37.1 Å². The second-order valence-electron chi connectivity index (χ2n) is 9.03. The minimum Gasteiger partial charge on any atom is -0.447 e. The van der Waals surface area contributed by atoms with Crippen LogP contribution in [-0.2, 0) is 5.75 Å². The quantitative estimate of drug-likeness (QED) is 0.317. The van der Waals surface area contributed by atoms with Crippen LogP contribution < -0.4 is 0 Å². The van der Waals surface area contributed by atoms with Crippen molar-refractivity contribution in [1.29, 1.82) is 0 Å². The van der Waals surface area contributed by atoms with Crippen LogP contribution in [0.15, 0.2) is 76.5 Å². The summed E-state index contributed by atoms with van der Waals surface area (Å²) in [4.78, 5) is 21.7. The summed E-state index contributed by atoms with van der Waals surface area (Å²) in [6.45, 7) is 7.88. The fourth-order valence-corrected chi connectivity index (χ4v) is 5.15. The summed E-state index contributed by atoms with van der Waals surface area (Å²) < 4.78 is 7.64. The van der Waals surface area contributed by atoms with E-state index in [1.165, 1.54) is 29.2 Å². The number of rotatable bonds is 8. The molecule has 0 atom stereocenters. The van der Waals surface area contributed by atoms with E-state index in [4.69, 9.17) is 4.42 Å². The van der Waals surface area contributed by atoms with E-state index in [9.17, 15) is 4.79 Å². The number of carbonyl (C=O) groups excluding carboxylic acids is 1. The van der Waals surface area contributed by atoms with Gasteiger partial charge >= 0.3 is 0 Å². The molecule has 0 unspecified atom stereocenters. The molecule has 0 saturated carbocycles. The molecule has 0 radical (unpaired) electrons. The first kappa shape index (κ1) is 25.0. The van der Waals surface area contributed by atoms with Gasteiger partial charge in [-0.15, -0.1) is 10.2 Å². The van der Waals surface area contributed by atoms with Gasteiger partial charge in [0, 0.05) is 38.4 Å². The third-order valence-corrected chi connectivity index (χ3v) is 7.20. The molecule has 2 aromatic heterocycles. The normalized spacial score (nSPS) is 14.5. The van der Waals surface area contributed by atoms with E-state index in [0.29, 0.717) is 30.4 Å². The van der Waals surface area contributed by atoms with Crippen molar-refractivity contribution in [2.75, 3.05) is 32.7 Å². The number of carbonyl (C=O) groups is 1. The highest BCUT2D eigenvalue weighted by molar-refractivity contribution is 7.98. The van der Waals surface area contributed by atoms with Crippen molar-refractivity contribution < 1.29 is 9.21 Å². The van der Waals surface area contributed by atoms with Crippen molar-refractivity contribution >= 4 is 23.7 Å². The van der Waals surface area contributed by atoms with Gasteiger partial charge in [-0.25, -0.2) is 4.98 Å². The summed E-state index contributed by atoms with van der Waals surface area (Å²) in [5, 5.41) is 9.32. The van der Waals surface area contributed by atoms with Crippen molar-refractivity contribution in [3.8, 4) is 5.69 Å². The fourth-order valence-electron chi connectivity index (χ4n) is 4.30. The zero-order chi connectivity index (χ0) is 25.6. The summed E-state index contributed by atoms with van der Waals surface area (Å²) in [7, 11) is 0.